The fourth-order valence-electron chi connectivity index (χ4n) is 2.97. The summed E-state index contributed by atoms with van der Waals surface area (Å²) in [6, 6.07) is 29.8. The average molecular weight is 581 g/mol. The number of hydrogen-bond donors (Lipinski definition) is 2. The van der Waals surface area contributed by atoms with Crippen molar-refractivity contribution in [2.24, 2.45) is 21.5 Å². The first-order valence-electron chi connectivity index (χ1n) is 13.6. The molecule has 3 aromatic carbocycles. The van der Waals surface area contributed by atoms with E-state index in [1.165, 1.54) is 0 Å². The van der Waals surface area contributed by atoms with Crippen molar-refractivity contribution in [3.63, 3.8) is 0 Å². The molecule has 4 atom stereocenters. The monoisotopic (exact) mass is 580 g/mol. The van der Waals surface area contributed by atoms with Gasteiger partial charge in [-0.25, -0.2) is 0 Å². The molecule has 0 spiro atoms. The highest BCUT2D eigenvalue weighted by atomic mass is 16.5. The maximum atomic E-state index is 10.0. The van der Waals surface area contributed by atoms with Crippen molar-refractivity contribution in [3.05, 3.63) is 108 Å². The molecule has 8 nitrogen and oxygen atoms in total. The first kappa shape index (κ1) is 40.6. The standard InChI is InChI=1S/C20H24N2O.C7H6O.C6H16N2O.CH4.H2O/c1-17(21-13-19-9-5-3-6-10-19)15-23-16-18(2)22-14-20-11-7-4-8-12-20;8-6-7-4-2-1-3-5-7;1-5(7)3-9-4-6(2)8;;/h3-14,17-18H,15-16H2,1-2H3;1-6H;5-6H,3-4,7-8H2,1-2H3;1H4;1H2. The largest absolute Gasteiger partial charge is 0.412 e. The second-order valence-electron chi connectivity index (χ2n) is 9.63. The van der Waals surface area contributed by atoms with Crippen molar-refractivity contribution in [1.29, 1.82) is 0 Å². The van der Waals surface area contributed by atoms with Gasteiger partial charge in [0.1, 0.15) is 6.29 Å². The number of aldehydes is 1. The lowest BCUT2D eigenvalue weighted by molar-refractivity contribution is 0.112. The van der Waals surface area contributed by atoms with Crippen LogP contribution in [0.15, 0.2) is 101 Å². The summed E-state index contributed by atoms with van der Waals surface area (Å²) in [6.07, 6.45) is 4.62. The summed E-state index contributed by atoms with van der Waals surface area (Å²) in [5.41, 5.74) is 13.8. The van der Waals surface area contributed by atoms with Gasteiger partial charge in [0.05, 0.1) is 38.5 Å². The Hall–Kier alpha value is -3.53. The molecule has 0 heterocycles. The Bertz CT molecular complexity index is 999. The number of aliphatic imine (C=N–C) groups is 2. The third-order valence-corrected chi connectivity index (χ3v) is 4.97. The van der Waals surface area contributed by atoms with Crippen LogP contribution in [-0.4, -0.2) is 74.8 Å². The summed E-state index contributed by atoms with van der Waals surface area (Å²) in [5, 5.41) is 0. The molecule has 42 heavy (non-hydrogen) atoms. The van der Waals surface area contributed by atoms with Gasteiger partial charge >= 0.3 is 0 Å². The van der Waals surface area contributed by atoms with Crippen LogP contribution in [0.5, 0.6) is 0 Å². The van der Waals surface area contributed by atoms with E-state index in [0.717, 1.165) is 23.0 Å². The molecule has 0 aliphatic rings. The Morgan fingerprint density at radius 1 is 0.595 bits per heavy atom. The van der Waals surface area contributed by atoms with Crippen molar-refractivity contribution in [2.75, 3.05) is 26.4 Å². The van der Waals surface area contributed by atoms with E-state index in [9.17, 15) is 4.79 Å². The van der Waals surface area contributed by atoms with E-state index in [1.807, 2.05) is 105 Å². The molecule has 0 fully saturated rings. The van der Waals surface area contributed by atoms with E-state index in [4.69, 9.17) is 20.9 Å². The summed E-state index contributed by atoms with van der Waals surface area (Å²) in [5.74, 6) is 0. The van der Waals surface area contributed by atoms with Crippen LogP contribution in [0.25, 0.3) is 0 Å². The van der Waals surface area contributed by atoms with E-state index >= 15 is 0 Å². The highest BCUT2D eigenvalue weighted by molar-refractivity contribution is 5.80. The third-order valence-electron chi connectivity index (χ3n) is 4.97. The van der Waals surface area contributed by atoms with Gasteiger partial charge in [0, 0.05) is 30.1 Å². The topological polar surface area (TPSA) is 144 Å². The van der Waals surface area contributed by atoms with Crippen LogP contribution < -0.4 is 11.5 Å². The molecule has 0 radical (unpaired) electrons. The minimum absolute atomic E-state index is 0. The van der Waals surface area contributed by atoms with E-state index < -0.39 is 0 Å². The average Bonchev–Trinajstić information content (AvgIpc) is 2.97. The molecule has 3 rings (SSSR count). The van der Waals surface area contributed by atoms with Crippen molar-refractivity contribution in [2.45, 2.75) is 59.3 Å². The van der Waals surface area contributed by atoms with Crippen LogP contribution in [0.3, 0.4) is 0 Å². The highest BCUT2D eigenvalue weighted by Crippen LogP contribution is 2.00. The van der Waals surface area contributed by atoms with Crippen molar-refractivity contribution in [1.82, 2.24) is 0 Å². The number of benzene rings is 3. The van der Waals surface area contributed by atoms with Crippen LogP contribution in [0, 0.1) is 0 Å². The molecule has 0 amide bonds. The minimum atomic E-state index is 0. The van der Waals surface area contributed by atoms with Gasteiger partial charge in [0.15, 0.2) is 0 Å². The zero-order valence-corrected chi connectivity index (χ0v) is 24.8. The van der Waals surface area contributed by atoms with Crippen molar-refractivity contribution in [3.8, 4) is 0 Å². The van der Waals surface area contributed by atoms with Crippen LogP contribution in [0.4, 0.5) is 0 Å². The first-order valence-corrected chi connectivity index (χ1v) is 13.6. The van der Waals surface area contributed by atoms with Gasteiger partial charge in [-0.15, -0.1) is 0 Å². The summed E-state index contributed by atoms with van der Waals surface area (Å²) >= 11 is 0. The number of nitrogens with zero attached hydrogens (tertiary/aromatic N) is 2. The maximum Gasteiger partial charge on any atom is 0.150 e. The van der Waals surface area contributed by atoms with Gasteiger partial charge < -0.3 is 26.4 Å². The Morgan fingerprint density at radius 3 is 1.19 bits per heavy atom. The molecule has 6 N–H and O–H groups in total. The van der Waals surface area contributed by atoms with E-state index in [1.54, 1.807) is 12.1 Å². The van der Waals surface area contributed by atoms with Gasteiger partial charge in [0.25, 0.3) is 0 Å². The second kappa shape index (κ2) is 26.4. The van der Waals surface area contributed by atoms with Crippen LogP contribution >= 0.6 is 0 Å². The Labute approximate surface area is 253 Å². The second-order valence-corrected chi connectivity index (χ2v) is 9.63. The van der Waals surface area contributed by atoms with Crippen molar-refractivity contribution < 1.29 is 19.7 Å². The number of hydrogen-bond acceptors (Lipinski definition) is 7. The predicted octanol–water partition coefficient (Wildman–Crippen LogP) is 5.03. The van der Waals surface area contributed by atoms with Gasteiger partial charge in [-0.1, -0.05) is 98.4 Å². The molecule has 4 unspecified atom stereocenters. The molecular weight excluding hydrogens is 528 g/mol. The summed E-state index contributed by atoms with van der Waals surface area (Å²) in [6.45, 7) is 10.3. The summed E-state index contributed by atoms with van der Waals surface area (Å²) in [4.78, 5) is 19.0. The number of carbonyl (C=O) groups excluding carboxylic acids is 1. The number of rotatable bonds is 13. The predicted molar refractivity (Wildman–Crippen MR) is 178 cm³/mol. The summed E-state index contributed by atoms with van der Waals surface area (Å²) in [7, 11) is 0. The van der Waals surface area contributed by atoms with E-state index in [0.29, 0.717) is 26.4 Å². The SMILES string of the molecule is C.CC(COCC(C)N=Cc1ccccc1)N=Cc1ccccc1.CC(N)COCC(C)N.O.O=Cc1ccccc1. The molecule has 0 saturated carbocycles. The number of ether oxygens (including phenoxy) is 2. The first-order chi connectivity index (χ1) is 19.3. The molecule has 8 heteroatoms. The lowest BCUT2D eigenvalue weighted by atomic mass is 10.2. The molecule has 0 bridgehead atoms. The fraction of sp³-hybridized carbons (Fsp3) is 0.382. The van der Waals surface area contributed by atoms with Crippen LogP contribution in [-0.2, 0) is 9.47 Å². The highest BCUT2D eigenvalue weighted by Gasteiger charge is 2.02. The Kier molecular flexibility index (Phi) is 25.5. The normalized spacial score (nSPS) is 13.2. The molecule has 0 aliphatic carbocycles. The van der Waals surface area contributed by atoms with Gasteiger partial charge in [-0.05, 0) is 38.8 Å². The zero-order valence-electron chi connectivity index (χ0n) is 24.8. The number of nitrogens with two attached hydrogens (primary N) is 2. The quantitative estimate of drug-likeness (QED) is 0.215. The maximum absolute atomic E-state index is 10.0. The zero-order chi connectivity index (χ0) is 29.4. The minimum Gasteiger partial charge on any atom is -0.412 e. The molecule has 0 saturated heterocycles. The molecular formula is C34H52N4O4. The van der Waals surface area contributed by atoms with Crippen LogP contribution in [0.2, 0.25) is 0 Å². The Morgan fingerprint density at radius 2 is 0.905 bits per heavy atom. The van der Waals surface area contributed by atoms with Gasteiger partial charge in [-0.2, -0.15) is 0 Å². The smallest absolute Gasteiger partial charge is 0.150 e. The number of carbonyl (C=O) groups is 1. The fourth-order valence-corrected chi connectivity index (χ4v) is 2.97. The Balaban J connectivity index is 0. The van der Waals surface area contributed by atoms with E-state index in [-0.39, 0.29) is 37.1 Å². The lowest BCUT2D eigenvalue weighted by Crippen LogP contribution is -2.27. The molecule has 232 valence electrons. The molecule has 0 aromatic heterocycles. The third kappa shape index (κ3) is 23.2. The lowest BCUT2D eigenvalue weighted by Gasteiger charge is -2.10. The van der Waals surface area contributed by atoms with Gasteiger partial charge in [-0.3, -0.25) is 14.8 Å². The van der Waals surface area contributed by atoms with E-state index in [2.05, 4.69) is 23.8 Å². The van der Waals surface area contributed by atoms with Crippen LogP contribution in [0.1, 0.15) is 56.6 Å². The molecule has 3 aromatic rings. The van der Waals surface area contributed by atoms with Crippen molar-refractivity contribution >= 4 is 18.7 Å². The van der Waals surface area contributed by atoms with Gasteiger partial charge in [0.2, 0.25) is 0 Å². The molecule has 0 aliphatic heterocycles. The summed E-state index contributed by atoms with van der Waals surface area (Å²) < 4.78 is 10.8.